The molecule has 1 aliphatic heterocycles. The highest BCUT2D eigenvalue weighted by Crippen LogP contribution is 2.23. The van der Waals surface area contributed by atoms with E-state index in [2.05, 4.69) is 5.32 Å². The van der Waals surface area contributed by atoms with Gasteiger partial charge in [0, 0.05) is 12.6 Å². The first-order valence-corrected chi connectivity index (χ1v) is 7.40. The van der Waals surface area contributed by atoms with Crippen LogP contribution in [-0.2, 0) is 9.53 Å². The maximum Gasteiger partial charge on any atom is 0.266 e. The lowest BCUT2D eigenvalue weighted by molar-refractivity contribution is -0.131. The van der Waals surface area contributed by atoms with Gasteiger partial charge >= 0.3 is 0 Å². The van der Waals surface area contributed by atoms with Gasteiger partial charge in [-0.15, -0.1) is 11.3 Å². The molecule has 1 atom stereocenters. The maximum atomic E-state index is 12.5. The number of nitrogens with zero attached hydrogens (tertiary/aromatic N) is 1. The van der Waals surface area contributed by atoms with Crippen LogP contribution in [0.4, 0.5) is 5.69 Å². The van der Waals surface area contributed by atoms with Crippen molar-refractivity contribution in [2.75, 3.05) is 25.5 Å². The molecule has 1 saturated heterocycles. The summed E-state index contributed by atoms with van der Waals surface area (Å²) in [6, 6.07) is 1.12. The van der Waals surface area contributed by atoms with Gasteiger partial charge in [0.1, 0.15) is 10.9 Å². The Morgan fingerprint density at radius 3 is 2.90 bits per heavy atom. The molecule has 1 aromatic heterocycles. The van der Waals surface area contributed by atoms with Gasteiger partial charge in [0.2, 0.25) is 5.91 Å². The number of nitrogens with two attached hydrogens (primary N) is 1. The zero-order valence-corrected chi connectivity index (χ0v) is 12.4. The number of morpholine rings is 1. The van der Waals surface area contributed by atoms with Crippen LogP contribution in [0.15, 0.2) is 11.4 Å². The summed E-state index contributed by atoms with van der Waals surface area (Å²) in [5.41, 5.74) is 6.23. The van der Waals surface area contributed by atoms with E-state index in [-0.39, 0.29) is 24.5 Å². The van der Waals surface area contributed by atoms with Crippen molar-refractivity contribution in [2.24, 2.45) is 0 Å². The number of amides is 2. The summed E-state index contributed by atoms with van der Waals surface area (Å²) < 4.78 is 5.33. The monoisotopic (exact) mass is 297 g/mol. The van der Waals surface area contributed by atoms with Crippen LogP contribution in [0.1, 0.15) is 23.5 Å². The van der Waals surface area contributed by atoms with Crippen molar-refractivity contribution in [1.82, 2.24) is 10.2 Å². The number of carbonyl (C=O) groups is 2. The van der Waals surface area contributed by atoms with Crippen molar-refractivity contribution in [2.45, 2.75) is 25.9 Å². The number of hydrogen-bond acceptors (Lipinski definition) is 5. The number of carbonyl (C=O) groups excluding carboxylic acids is 2. The molecule has 3 N–H and O–H groups in total. The van der Waals surface area contributed by atoms with E-state index in [9.17, 15) is 9.59 Å². The number of thiophene rings is 1. The van der Waals surface area contributed by atoms with Gasteiger partial charge in [-0.1, -0.05) is 0 Å². The standard InChI is InChI=1S/C13H19N3O3S/c1-8(2)15-12(17)10-7-19-5-4-16(10)13(18)11-9(14)3-6-20-11/h3,6,8,10H,4-5,7,14H2,1-2H3,(H,15,17). The van der Waals surface area contributed by atoms with Crippen LogP contribution in [-0.4, -0.2) is 48.6 Å². The van der Waals surface area contributed by atoms with Crippen molar-refractivity contribution >= 4 is 28.8 Å². The first-order chi connectivity index (χ1) is 9.50. The highest BCUT2D eigenvalue weighted by Gasteiger charge is 2.34. The second kappa shape index (κ2) is 6.23. The first-order valence-electron chi connectivity index (χ1n) is 6.52. The van der Waals surface area contributed by atoms with Gasteiger partial charge in [0.25, 0.3) is 5.91 Å². The molecular formula is C13H19N3O3S. The van der Waals surface area contributed by atoms with E-state index in [0.29, 0.717) is 23.7 Å². The Hall–Kier alpha value is -1.60. The van der Waals surface area contributed by atoms with E-state index in [1.807, 2.05) is 13.8 Å². The van der Waals surface area contributed by atoms with E-state index in [0.717, 1.165) is 0 Å². The molecule has 1 unspecified atom stereocenters. The molecule has 0 spiro atoms. The lowest BCUT2D eigenvalue weighted by Crippen LogP contribution is -2.56. The molecule has 1 aromatic rings. The van der Waals surface area contributed by atoms with Crippen molar-refractivity contribution in [1.29, 1.82) is 0 Å². The fourth-order valence-electron chi connectivity index (χ4n) is 2.07. The second-order valence-corrected chi connectivity index (χ2v) is 5.87. The second-order valence-electron chi connectivity index (χ2n) is 4.96. The quantitative estimate of drug-likeness (QED) is 0.860. The third-order valence-electron chi connectivity index (χ3n) is 3.01. The van der Waals surface area contributed by atoms with Crippen LogP contribution in [0.3, 0.4) is 0 Å². The van der Waals surface area contributed by atoms with Crippen molar-refractivity contribution < 1.29 is 14.3 Å². The van der Waals surface area contributed by atoms with Crippen LogP contribution in [0.25, 0.3) is 0 Å². The Kier molecular flexibility index (Phi) is 4.61. The number of nitrogen functional groups attached to an aromatic ring is 1. The van der Waals surface area contributed by atoms with Gasteiger partial charge in [-0.25, -0.2) is 0 Å². The minimum atomic E-state index is -0.597. The smallest absolute Gasteiger partial charge is 0.266 e. The van der Waals surface area contributed by atoms with Crippen LogP contribution in [0.2, 0.25) is 0 Å². The van der Waals surface area contributed by atoms with Crippen LogP contribution in [0.5, 0.6) is 0 Å². The molecule has 2 rings (SSSR count). The predicted molar refractivity (Wildman–Crippen MR) is 77.7 cm³/mol. The number of anilines is 1. The Morgan fingerprint density at radius 2 is 2.30 bits per heavy atom. The van der Waals surface area contributed by atoms with Crippen molar-refractivity contribution in [3.8, 4) is 0 Å². The summed E-state index contributed by atoms with van der Waals surface area (Å²) in [5, 5.41) is 4.59. The minimum Gasteiger partial charge on any atom is -0.397 e. The van der Waals surface area contributed by atoms with Crippen molar-refractivity contribution in [3.05, 3.63) is 16.3 Å². The molecule has 6 nitrogen and oxygen atoms in total. The zero-order chi connectivity index (χ0) is 14.7. The van der Waals surface area contributed by atoms with E-state index in [1.165, 1.54) is 11.3 Å². The molecule has 2 amide bonds. The number of ether oxygens (including phenoxy) is 1. The van der Waals surface area contributed by atoms with Gasteiger partial charge in [-0.3, -0.25) is 9.59 Å². The lowest BCUT2D eigenvalue weighted by atomic mass is 10.2. The summed E-state index contributed by atoms with van der Waals surface area (Å²) in [7, 11) is 0. The molecule has 1 fully saturated rings. The highest BCUT2D eigenvalue weighted by molar-refractivity contribution is 7.12. The Balaban J connectivity index is 2.17. The fraction of sp³-hybridized carbons (Fsp3) is 0.538. The molecule has 0 bridgehead atoms. The Morgan fingerprint density at radius 1 is 1.55 bits per heavy atom. The third-order valence-corrected chi connectivity index (χ3v) is 3.93. The van der Waals surface area contributed by atoms with Crippen LogP contribution >= 0.6 is 11.3 Å². The summed E-state index contributed by atoms with van der Waals surface area (Å²) >= 11 is 1.29. The summed E-state index contributed by atoms with van der Waals surface area (Å²) in [4.78, 5) is 26.7. The predicted octanol–water partition coefficient (Wildman–Crippen LogP) is 0.696. The SMILES string of the molecule is CC(C)NC(=O)C1COCCN1C(=O)c1sccc1N. The number of rotatable bonds is 3. The average Bonchev–Trinajstić information content (AvgIpc) is 2.83. The molecule has 110 valence electrons. The summed E-state index contributed by atoms with van der Waals surface area (Å²) in [6.07, 6.45) is 0. The van der Waals surface area contributed by atoms with E-state index in [1.54, 1.807) is 16.3 Å². The normalized spacial score (nSPS) is 19.1. The molecule has 0 aromatic carbocycles. The van der Waals surface area contributed by atoms with E-state index in [4.69, 9.17) is 10.5 Å². The number of nitrogens with one attached hydrogen (secondary N) is 1. The zero-order valence-electron chi connectivity index (χ0n) is 11.6. The highest BCUT2D eigenvalue weighted by atomic mass is 32.1. The molecule has 20 heavy (non-hydrogen) atoms. The van der Waals surface area contributed by atoms with Gasteiger partial charge in [-0.2, -0.15) is 0 Å². The molecule has 0 saturated carbocycles. The van der Waals surface area contributed by atoms with Crippen LogP contribution < -0.4 is 11.1 Å². The minimum absolute atomic E-state index is 0.0215. The van der Waals surface area contributed by atoms with Crippen LogP contribution in [0, 0.1) is 0 Å². The summed E-state index contributed by atoms with van der Waals surface area (Å²) in [5.74, 6) is -0.395. The van der Waals surface area contributed by atoms with Gasteiger partial charge in [0.15, 0.2) is 0 Å². The van der Waals surface area contributed by atoms with Crippen molar-refractivity contribution in [3.63, 3.8) is 0 Å². The first kappa shape index (κ1) is 14.8. The lowest BCUT2D eigenvalue weighted by Gasteiger charge is -2.34. The molecule has 2 heterocycles. The van der Waals surface area contributed by atoms with Gasteiger partial charge in [0.05, 0.1) is 18.9 Å². The molecular weight excluding hydrogens is 278 g/mol. The Labute approximate surface area is 121 Å². The molecule has 1 aliphatic rings. The Bertz CT molecular complexity index is 501. The average molecular weight is 297 g/mol. The third kappa shape index (κ3) is 3.10. The topological polar surface area (TPSA) is 84.7 Å². The summed E-state index contributed by atoms with van der Waals surface area (Å²) in [6.45, 7) is 4.81. The van der Waals surface area contributed by atoms with Gasteiger partial charge in [-0.05, 0) is 25.3 Å². The molecule has 0 aliphatic carbocycles. The number of hydrogen-bond donors (Lipinski definition) is 2. The van der Waals surface area contributed by atoms with Gasteiger partial charge < -0.3 is 20.7 Å². The maximum absolute atomic E-state index is 12.5. The fourth-order valence-corrected chi connectivity index (χ4v) is 2.84. The molecule has 0 radical (unpaired) electrons. The van der Waals surface area contributed by atoms with E-state index < -0.39 is 6.04 Å². The molecule has 7 heteroatoms. The van der Waals surface area contributed by atoms with E-state index >= 15 is 0 Å². The largest absolute Gasteiger partial charge is 0.397 e.